The Morgan fingerprint density at radius 2 is 2.17 bits per heavy atom. The number of aromatic nitrogens is 5. The average molecular weight is 310 g/mol. The summed E-state index contributed by atoms with van der Waals surface area (Å²) in [5.41, 5.74) is 1.95. The molecule has 23 heavy (non-hydrogen) atoms. The van der Waals surface area contributed by atoms with E-state index >= 15 is 0 Å². The molecule has 0 spiro atoms. The van der Waals surface area contributed by atoms with E-state index in [0.29, 0.717) is 11.2 Å². The van der Waals surface area contributed by atoms with Crippen molar-refractivity contribution in [1.29, 1.82) is 0 Å². The predicted molar refractivity (Wildman–Crippen MR) is 84.0 cm³/mol. The van der Waals surface area contributed by atoms with Gasteiger partial charge in [0.05, 0.1) is 18.3 Å². The summed E-state index contributed by atoms with van der Waals surface area (Å²) in [4.78, 5) is 19.4. The van der Waals surface area contributed by atoms with Gasteiger partial charge in [0.15, 0.2) is 5.65 Å². The minimum atomic E-state index is 0.0193. The highest BCUT2D eigenvalue weighted by atomic mass is 16.2. The molecular weight excluding hydrogens is 292 g/mol. The zero-order valence-corrected chi connectivity index (χ0v) is 13.0. The van der Waals surface area contributed by atoms with Crippen molar-refractivity contribution >= 4 is 11.6 Å². The third kappa shape index (κ3) is 2.38. The van der Waals surface area contributed by atoms with Gasteiger partial charge in [-0.05, 0) is 31.9 Å². The number of amides is 1. The standard InChI is InChI=1S/C16H18N6O/c1-12-14(15-17-6-3-10-22(15)19-12)16(23)21-9-2-5-13(21)11-20-8-4-7-18-20/h3-4,6-8,10,13H,2,5,9,11H2,1H3. The SMILES string of the molecule is Cc1nn2cccnc2c1C(=O)N1CCCC1Cn1cccn1. The maximum Gasteiger partial charge on any atom is 0.259 e. The van der Waals surface area contributed by atoms with Crippen molar-refractivity contribution in [1.82, 2.24) is 29.3 Å². The second-order valence-electron chi connectivity index (χ2n) is 5.87. The van der Waals surface area contributed by atoms with E-state index in [0.717, 1.165) is 31.6 Å². The number of nitrogens with zero attached hydrogens (tertiary/aromatic N) is 6. The lowest BCUT2D eigenvalue weighted by Crippen LogP contribution is -2.38. The van der Waals surface area contributed by atoms with Gasteiger partial charge in [-0.15, -0.1) is 0 Å². The third-order valence-corrected chi connectivity index (χ3v) is 4.38. The summed E-state index contributed by atoms with van der Waals surface area (Å²) in [7, 11) is 0. The molecule has 118 valence electrons. The summed E-state index contributed by atoms with van der Waals surface area (Å²) in [6, 6.07) is 3.88. The number of hydrogen-bond acceptors (Lipinski definition) is 4. The first kappa shape index (κ1) is 13.9. The second kappa shape index (κ2) is 5.49. The first-order valence-corrected chi connectivity index (χ1v) is 7.82. The van der Waals surface area contributed by atoms with Crippen molar-refractivity contribution in [2.45, 2.75) is 32.4 Å². The monoisotopic (exact) mass is 310 g/mol. The summed E-state index contributed by atoms with van der Waals surface area (Å²) in [5, 5.41) is 8.65. The lowest BCUT2D eigenvalue weighted by molar-refractivity contribution is 0.0722. The van der Waals surface area contributed by atoms with Crippen molar-refractivity contribution in [3.63, 3.8) is 0 Å². The number of fused-ring (bicyclic) bond motifs is 1. The Kier molecular flexibility index (Phi) is 3.33. The van der Waals surface area contributed by atoms with Gasteiger partial charge in [0.25, 0.3) is 5.91 Å². The van der Waals surface area contributed by atoms with Crippen molar-refractivity contribution < 1.29 is 4.79 Å². The van der Waals surface area contributed by atoms with Crippen molar-refractivity contribution in [3.05, 3.63) is 48.2 Å². The molecule has 0 aromatic carbocycles. The van der Waals surface area contributed by atoms with Crippen LogP contribution in [-0.4, -0.2) is 47.8 Å². The average Bonchev–Trinajstić information content (AvgIpc) is 3.26. The molecule has 1 aliphatic rings. The van der Waals surface area contributed by atoms with Crippen LogP contribution >= 0.6 is 0 Å². The van der Waals surface area contributed by atoms with E-state index < -0.39 is 0 Å². The minimum Gasteiger partial charge on any atom is -0.334 e. The Labute approximate surface area is 133 Å². The number of carbonyl (C=O) groups is 1. The van der Waals surface area contributed by atoms with Gasteiger partial charge in [0.1, 0.15) is 5.56 Å². The lowest BCUT2D eigenvalue weighted by Gasteiger charge is -2.24. The molecule has 4 rings (SSSR count). The summed E-state index contributed by atoms with van der Waals surface area (Å²) in [6.45, 7) is 3.36. The fourth-order valence-electron chi connectivity index (χ4n) is 3.31. The quantitative estimate of drug-likeness (QED) is 0.736. The van der Waals surface area contributed by atoms with E-state index in [1.165, 1.54) is 0 Å². The molecule has 1 amide bonds. The second-order valence-corrected chi connectivity index (χ2v) is 5.87. The smallest absolute Gasteiger partial charge is 0.259 e. The van der Waals surface area contributed by atoms with Crippen LogP contribution in [0.5, 0.6) is 0 Å². The molecule has 0 saturated carbocycles. The Hall–Kier alpha value is -2.70. The Morgan fingerprint density at radius 3 is 3.00 bits per heavy atom. The number of rotatable bonds is 3. The van der Waals surface area contributed by atoms with Gasteiger partial charge in [0, 0.05) is 31.3 Å². The van der Waals surface area contributed by atoms with Crippen LogP contribution in [0, 0.1) is 6.92 Å². The molecule has 1 saturated heterocycles. The maximum absolute atomic E-state index is 13.1. The number of hydrogen-bond donors (Lipinski definition) is 0. The highest BCUT2D eigenvalue weighted by Gasteiger charge is 2.32. The van der Waals surface area contributed by atoms with Crippen molar-refractivity contribution in [3.8, 4) is 0 Å². The van der Waals surface area contributed by atoms with Gasteiger partial charge in [0.2, 0.25) is 0 Å². The Balaban J connectivity index is 1.65. The van der Waals surface area contributed by atoms with Crippen LogP contribution in [0.25, 0.3) is 5.65 Å². The summed E-state index contributed by atoms with van der Waals surface area (Å²) in [5.74, 6) is 0.0193. The van der Waals surface area contributed by atoms with E-state index in [2.05, 4.69) is 15.2 Å². The predicted octanol–water partition coefficient (Wildman–Crippen LogP) is 1.54. The van der Waals surface area contributed by atoms with E-state index in [1.54, 1.807) is 16.9 Å². The topological polar surface area (TPSA) is 68.3 Å². The maximum atomic E-state index is 13.1. The van der Waals surface area contributed by atoms with Crippen molar-refractivity contribution in [2.24, 2.45) is 0 Å². The molecule has 7 heteroatoms. The molecule has 3 aromatic heterocycles. The first-order valence-electron chi connectivity index (χ1n) is 7.82. The van der Waals surface area contributed by atoms with Crippen LogP contribution in [0.1, 0.15) is 28.9 Å². The fourth-order valence-corrected chi connectivity index (χ4v) is 3.31. The van der Waals surface area contributed by atoms with E-state index in [1.807, 2.05) is 41.0 Å². The largest absolute Gasteiger partial charge is 0.334 e. The zero-order valence-electron chi connectivity index (χ0n) is 13.0. The molecule has 0 bridgehead atoms. The zero-order chi connectivity index (χ0) is 15.8. The van der Waals surface area contributed by atoms with Crippen LogP contribution in [0.3, 0.4) is 0 Å². The van der Waals surface area contributed by atoms with Crippen LogP contribution in [0.2, 0.25) is 0 Å². The normalized spacial score (nSPS) is 18.0. The van der Waals surface area contributed by atoms with Crippen LogP contribution in [0.4, 0.5) is 0 Å². The molecule has 1 aliphatic heterocycles. The summed E-state index contributed by atoms with van der Waals surface area (Å²) >= 11 is 0. The molecule has 3 aromatic rings. The summed E-state index contributed by atoms with van der Waals surface area (Å²) in [6.07, 6.45) is 9.22. The number of likely N-dealkylation sites (tertiary alicyclic amines) is 1. The molecule has 7 nitrogen and oxygen atoms in total. The van der Waals surface area contributed by atoms with Gasteiger partial charge < -0.3 is 4.90 Å². The molecule has 1 fully saturated rings. The first-order chi connectivity index (χ1) is 11.2. The Bertz CT molecular complexity index is 838. The van der Waals surface area contributed by atoms with Crippen LogP contribution in [-0.2, 0) is 6.54 Å². The highest BCUT2D eigenvalue weighted by molar-refractivity contribution is 6.01. The van der Waals surface area contributed by atoms with Gasteiger partial charge >= 0.3 is 0 Å². The molecular formula is C16H18N6O. The molecule has 0 aliphatic carbocycles. The molecule has 1 atom stereocenters. The van der Waals surface area contributed by atoms with E-state index in [9.17, 15) is 4.79 Å². The minimum absolute atomic E-state index is 0.0193. The summed E-state index contributed by atoms with van der Waals surface area (Å²) < 4.78 is 3.55. The molecule has 4 heterocycles. The van der Waals surface area contributed by atoms with Gasteiger partial charge in [-0.2, -0.15) is 10.2 Å². The third-order valence-electron chi connectivity index (χ3n) is 4.38. The number of aryl methyl sites for hydroxylation is 1. The highest BCUT2D eigenvalue weighted by Crippen LogP contribution is 2.24. The Morgan fingerprint density at radius 1 is 1.30 bits per heavy atom. The van der Waals surface area contributed by atoms with Crippen LogP contribution in [0.15, 0.2) is 36.9 Å². The fraction of sp³-hybridized carbons (Fsp3) is 0.375. The van der Waals surface area contributed by atoms with E-state index in [4.69, 9.17) is 0 Å². The van der Waals surface area contributed by atoms with Gasteiger partial charge in [-0.25, -0.2) is 9.50 Å². The van der Waals surface area contributed by atoms with E-state index in [-0.39, 0.29) is 11.9 Å². The van der Waals surface area contributed by atoms with Gasteiger partial charge in [-0.1, -0.05) is 0 Å². The molecule has 1 unspecified atom stereocenters. The lowest BCUT2D eigenvalue weighted by atomic mass is 10.2. The molecule has 0 N–H and O–H groups in total. The molecule has 0 radical (unpaired) electrons. The van der Waals surface area contributed by atoms with Gasteiger partial charge in [-0.3, -0.25) is 9.48 Å². The van der Waals surface area contributed by atoms with Crippen LogP contribution < -0.4 is 0 Å². The number of carbonyl (C=O) groups excluding carboxylic acids is 1. The van der Waals surface area contributed by atoms with Crippen molar-refractivity contribution in [2.75, 3.05) is 6.54 Å².